The SMILES string of the molecule is O=C(NC(CO)c1ccccc1)c1cc(=O)[nH]c(=O)[nH]1. The van der Waals surface area contributed by atoms with Crippen molar-refractivity contribution >= 4 is 5.91 Å². The lowest BCUT2D eigenvalue weighted by molar-refractivity contribution is 0.0910. The van der Waals surface area contributed by atoms with E-state index in [9.17, 15) is 19.5 Å². The third-order valence-corrected chi connectivity index (χ3v) is 2.69. The number of benzene rings is 1. The summed E-state index contributed by atoms with van der Waals surface area (Å²) < 4.78 is 0. The first-order chi connectivity index (χ1) is 9.60. The zero-order valence-corrected chi connectivity index (χ0v) is 10.4. The van der Waals surface area contributed by atoms with Crippen molar-refractivity contribution in [1.29, 1.82) is 0 Å². The molecule has 0 aliphatic carbocycles. The zero-order valence-electron chi connectivity index (χ0n) is 10.4. The van der Waals surface area contributed by atoms with Gasteiger partial charge >= 0.3 is 5.69 Å². The van der Waals surface area contributed by atoms with Crippen molar-refractivity contribution in [3.8, 4) is 0 Å². The quantitative estimate of drug-likeness (QED) is 0.603. The third kappa shape index (κ3) is 3.21. The minimum absolute atomic E-state index is 0.159. The van der Waals surface area contributed by atoms with Crippen LogP contribution in [0, 0.1) is 0 Å². The van der Waals surface area contributed by atoms with Gasteiger partial charge in [0.25, 0.3) is 11.5 Å². The lowest BCUT2D eigenvalue weighted by Crippen LogP contribution is -2.34. The molecule has 2 rings (SSSR count). The lowest BCUT2D eigenvalue weighted by Gasteiger charge is -2.16. The number of hydrogen-bond acceptors (Lipinski definition) is 4. The zero-order chi connectivity index (χ0) is 14.5. The summed E-state index contributed by atoms with van der Waals surface area (Å²) in [5.74, 6) is -0.642. The van der Waals surface area contributed by atoms with Gasteiger partial charge in [-0.3, -0.25) is 14.6 Å². The maximum absolute atomic E-state index is 11.9. The summed E-state index contributed by atoms with van der Waals surface area (Å²) in [6.07, 6.45) is 0. The Balaban J connectivity index is 2.21. The highest BCUT2D eigenvalue weighted by molar-refractivity contribution is 5.92. The van der Waals surface area contributed by atoms with E-state index in [1.807, 2.05) is 11.1 Å². The average Bonchev–Trinajstić information content (AvgIpc) is 2.44. The van der Waals surface area contributed by atoms with Crippen molar-refractivity contribution in [1.82, 2.24) is 15.3 Å². The molecule has 2 aromatic rings. The molecule has 0 saturated carbocycles. The Morgan fingerprint density at radius 3 is 2.50 bits per heavy atom. The minimum atomic E-state index is -0.761. The van der Waals surface area contributed by atoms with E-state index in [2.05, 4.69) is 10.3 Å². The van der Waals surface area contributed by atoms with Gasteiger partial charge in [-0.2, -0.15) is 0 Å². The monoisotopic (exact) mass is 275 g/mol. The second-order valence-corrected chi connectivity index (χ2v) is 4.12. The molecule has 1 unspecified atom stereocenters. The Bertz CT molecular complexity index is 677. The normalized spacial score (nSPS) is 11.8. The van der Waals surface area contributed by atoms with Gasteiger partial charge in [-0.1, -0.05) is 30.3 Å². The molecule has 1 heterocycles. The second kappa shape index (κ2) is 5.98. The van der Waals surface area contributed by atoms with Crippen LogP contribution in [-0.2, 0) is 0 Å². The first-order valence-electron chi connectivity index (χ1n) is 5.90. The van der Waals surface area contributed by atoms with Gasteiger partial charge < -0.3 is 15.4 Å². The molecule has 0 bridgehead atoms. The van der Waals surface area contributed by atoms with E-state index in [4.69, 9.17) is 0 Å². The number of hydrogen-bond donors (Lipinski definition) is 4. The number of aromatic nitrogens is 2. The molecule has 0 saturated heterocycles. The van der Waals surface area contributed by atoms with E-state index in [1.165, 1.54) is 0 Å². The fraction of sp³-hybridized carbons (Fsp3) is 0.154. The molecule has 0 fully saturated rings. The molecule has 1 aromatic carbocycles. The number of carbonyl (C=O) groups is 1. The van der Waals surface area contributed by atoms with E-state index >= 15 is 0 Å². The summed E-state index contributed by atoms with van der Waals surface area (Å²) in [6, 6.07) is 9.23. The summed E-state index contributed by atoms with van der Waals surface area (Å²) in [4.78, 5) is 38.4. The van der Waals surface area contributed by atoms with E-state index in [1.54, 1.807) is 24.3 Å². The van der Waals surface area contributed by atoms with Crippen LogP contribution in [0.25, 0.3) is 0 Å². The summed E-state index contributed by atoms with van der Waals surface area (Å²) in [7, 11) is 0. The number of aliphatic hydroxyl groups is 1. The molecule has 4 N–H and O–H groups in total. The number of carbonyl (C=O) groups excluding carboxylic acids is 1. The highest BCUT2D eigenvalue weighted by Gasteiger charge is 2.15. The molecular formula is C13H13N3O4. The van der Waals surface area contributed by atoms with Crippen molar-refractivity contribution in [3.05, 3.63) is 68.5 Å². The van der Waals surface area contributed by atoms with Crippen molar-refractivity contribution in [2.45, 2.75) is 6.04 Å². The van der Waals surface area contributed by atoms with Crippen LogP contribution in [0.1, 0.15) is 22.1 Å². The predicted molar refractivity (Wildman–Crippen MR) is 71.4 cm³/mol. The second-order valence-electron chi connectivity index (χ2n) is 4.12. The van der Waals surface area contributed by atoms with Gasteiger partial charge in [0.2, 0.25) is 0 Å². The summed E-state index contributed by atoms with van der Waals surface area (Å²) in [6.45, 7) is -0.302. The molecule has 0 radical (unpaired) electrons. The molecule has 1 atom stereocenters. The standard InChI is InChI=1S/C13H13N3O4/c17-7-10(8-4-2-1-3-5-8)14-12(19)9-6-11(18)16-13(20)15-9/h1-6,10,17H,7H2,(H,14,19)(H2,15,16,18,20). The highest BCUT2D eigenvalue weighted by atomic mass is 16.3. The maximum atomic E-state index is 11.9. The minimum Gasteiger partial charge on any atom is -0.394 e. The van der Waals surface area contributed by atoms with E-state index in [0.29, 0.717) is 0 Å². The molecule has 1 aromatic heterocycles. The van der Waals surface area contributed by atoms with Crippen LogP contribution in [0.3, 0.4) is 0 Å². The van der Waals surface area contributed by atoms with Crippen molar-refractivity contribution in [3.63, 3.8) is 0 Å². The van der Waals surface area contributed by atoms with Crippen LogP contribution < -0.4 is 16.6 Å². The first-order valence-corrected chi connectivity index (χ1v) is 5.90. The Kier molecular flexibility index (Phi) is 4.11. The molecule has 7 heteroatoms. The first kappa shape index (κ1) is 13.8. The number of rotatable bonds is 4. The maximum Gasteiger partial charge on any atom is 0.326 e. The summed E-state index contributed by atoms with van der Waals surface area (Å²) in [5, 5.41) is 11.9. The number of aliphatic hydroxyl groups excluding tert-OH is 1. The highest BCUT2D eigenvalue weighted by Crippen LogP contribution is 2.11. The van der Waals surface area contributed by atoms with Gasteiger partial charge in [-0.05, 0) is 5.56 Å². The van der Waals surface area contributed by atoms with E-state index < -0.39 is 23.2 Å². The van der Waals surface area contributed by atoms with Crippen molar-refractivity contribution < 1.29 is 9.90 Å². The van der Waals surface area contributed by atoms with Crippen molar-refractivity contribution in [2.75, 3.05) is 6.61 Å². The van der Waals surface area contributed by atoms with Gasteiger partial charge in [-0.25, -0.2) is 4.79 Å². The Hall–Kier alpha value is -2.67. The summed E-state index contributed by atoms with van der Waals surface area (Å²) in [5.41, 5.74) is -0.870. The van der Waals surface area contributed by atoms with Gasteiger partial charge in [0.05, 0.1) is 12.6 Å². The van der Waals surface area contributed by atoms with Gasteiger partial charge in [0.15, 0.2) is 0 Å². The Morgan fingerprint density at radius 2 is 1.90 bits per heavy atom. The molecule has 0 aliphatic rings. The predicted octanol–water partition coefficient (Wildman–Crippen LogP) is -0.473. The average molecular weight is 275 g/mol. The Labute approximate surface area is 113 Å². The third-order valence-electron chi connectivity index (χ3n) is 2.69. The van der Waals surface area contributed by atoms with Gasteiger partial charge in [0.1, 0.15) is 5.69 Å². The van der Waals surface area contributed by atoms with Crippen LogP contribution in [-0.4, -0.2) is 27.6 Å². The fourth-order valence-corrected chi connectivity index (χ4v) is 1.75. The van der Waals surface area contributed by atoms with Crippen LogP contribution in [0.4, 0.5) is 0 Å². The van der Waals surface area contributed by atoms with Crippen LogP contribution in [0.2, 0.25) is 0 Å². The number of H-pyrrole nitrogens is 2. The van der Waals surface area contributed by atoms with Gasteiger partial charge in [-0.15, -0.1) is 0 Å². The molecular weight excluding hydrogens is 262 g/mol. The molecule has 1 amide bonds. The van der Waals surface area contributed by atoms with E-state index in [-0.39, 0.29) is 12.3 Å². The topological polar surface area (TPSA) is 115 Å². The summed E-state index contributed by atoms with van der Waals surface area (Å²) >= 11 is 0. The number of nitrogens with one attached hydrogen (secondary N) is 3. The molecule has 0 aliphatic heterocycles. The van der Waals surface area contributed by atoms with Gasteiger partial charge in [0, 0.05) is 6.07 Å². The number of amides is 1. The fourth-order valence-electron chi connectivity index (χ4n) is 1.75. The van der Waals surface area contributed by atoms with Crippen LogP contribution in [0.15, 0.2) is 46.0 Å². The van der Waals surface area contributed by atoms with E-state index in [0.717, 1.165) is 11.6 Å². The lowest BCUT2D eigenvalue weighted by atomic mass is 10.1. The smallest absolute Gasteiger partial charge is 0.326 e. The Morgan fingerprint density at radius 1 is 1.20 bits per heavy atom. The molecule has 104 valence electrons. The van der Waals surface area contributed by atoms with Crippen LogP contribution in [0.5, 0.6) is 0 Å². The van der Waals surface area contributed by atoms with Crippen LogP contribution >= 0.6 is 0 Å². The largest absolute Gasteiger partial charge is 0.394 e. The molecule has 7 nitrogen and oxygen atoms in total. The van der Waals surface area contributed by atoms with Crippen molar-refractivity contribution in [2.24, 2.45) is 0 Å². The molecule has 0 spiro atoms. The molecule has 20 heavy (non-hydrogen) atoms. The number of aromatic amines is 2.